The second kappa shape index (κ2) is 9.08. The fourth-order valence-electron chi connectivity index (χ4n) is 1.47. The van der Waals surface area contributed by atoms with E-state index in [4.69, 9.17) is 9.47 Å². The lowest BCUT2D eigenvalue weighted by Gasteiger charge is -2.13. The Morgan fingerprint density at radius 2 is 1.67 bits per heavy atom. The van der Waals surface area contributed by atoms with Gasteiger partial charge in [0.2, 0.25) is 6.29 Å². The molecule has 24 heavy (non-hydrogen) atoms. The summed E-state index contributed by atoms with van der Waals surface area (Å²) in [6.45, 7) is 1.28. The van der Waals surface area contributed by atoms with Gasteiger partial charge in [-0.15, -0.1) is 0 Å². The van der Waals surface area contributed by atoms with Crippen LogP contribution in [0.5, 0.6) is 5.75 Å². The molecule has 0 aromatic heterocycles. The summed E-state index contributed by atoms with van der Waals surface area (Å²) in [7, 11) is 1.19. The number of hydrogen-bond acceptors (Lipinski definition) is 9. The first-order valence-electron chi connectivity index (χ1n) is 6.71. The molecule has 1 aromatic carbocycles. The van der Waals surface area contributed by atoms with Crippen molar-refractivity contribution in [3.05, 3.63) is 34.4 Å². The quantitative estimate of drug-likeness (QED) is 0.240. The monoisotopic (exact) mass is 341 g/mol. The van der Waals surface area contributed by atoms with E-state index in [1.807, 2.05) is 0 Å². The smallest absolute Gasteiger partial charge is 0.469 e. The fourth-order valence-corrected chi connectivity index (χ4v) is 1.47. The molecule has 0 heterocycles. The van der Waals surface area contributed by atoms with Gasteiger partial charge in [-0.05, 0) is 12.1 Å². The number of carbonyl (C=O) groups is 3. The van der Waals surface area contributed by atoms with E-state index < -0.39 is 29.3 Å². The molecule has 0 aliphatic carbocycles. The average Bonchev–Trinajstić information content (AvgIpc) is 2.52. The highest BCUT2D eigenvalue weighted by atomic mass is 16.8. The molecule has 0 amide bonds. The summed E-state index contributed by atoms with van der Waals surface area (Å²) in [5, 5.41) is 10.5. The van der Waals surface area contributed by atoms with Crippen LogP contribution in [0.3, 0.4) is 0 Å². The van der Waals surface area contributed by atoms with Crippen LogP contribution >= 0.6 is 0 Å². The molecule has 0 saturated heterocycles. The molecule has 10 nitrogen and oxygen atoms in total. The van der Waals surface area contributed by atoms with Crippen LogP contribution in [0.4, 0.5) is 10.5 Å². The van der Waals surface area contributed by atoms with Gasteiger partial charge in [-0.2, -0.15) is 0 Å². The highest BCUT2D eigenvalue weighted by Gasteiger charge is 2.17. The molecule has 0 fully saturated rings. The van der Waals surface area contributed by atoms with Crippen molar-refractivity contribution in [2.45, 2.75) is 26.1 Å². The lowest BCUT2D eigenvalue weighted by molar-refractivity contribution is -0.384. The van der Waals surface area contributed by atoms with Gasteiger partial charge in [-0.3, -0.25) is 19.7 Å². The van der Waals surface area contributed by atoms with E-state index >= 15 is 0 Å². The van der Waals surface area contributed by atoms with Crippen LogP contribution in [0, 0.1) is 10.1 Å². The molecule has 0 spiro atoms. The topological polar surface area (TPSA) is 131 Å². The maximum absolute atomic E-state index is 11.5. The molecule has 0 aliphatic heterocycles. The van der Waals surface area contributed by atoms with Gasteiger partial charge in [0.25, 0.3) is 5.69 Å². The van der Waals surface area contributed by atoms with Crippen molar-refractivity contribution in [2.75, 3.05) is 7.11 Å². The maximum atomic E-state index is 11.5. The molecule has 1 rings (SSSR count). The minimum absolute atomic E-state index is 0.0230. The highest BCUT2D eigenvalue weighted by molar-refractivity contribution is 5.77. The van der Waals surface area contributed by atoms with Crippen LogP contribution in [0.15, 0.2) is 24.3 Å². The van der Waals surface area contributed by atoms with Gasteiger partial charge in [0.1, 0.15) is 5.75 Å². The Bertz CT molecular complexity index is 611. The molecule has 0 aliphatic rings. The van der Waals surface area contributed by atoms with Crippen molar-refractivity contribution in [3.8, 4) is 5.75 Å². The van der Waals surface area contributed by atoms with Crippen molar-refractivity contribution < 1.29 is 38.3 Å². The first kappa shape index (κ1) is 18.9. The van der Waals surface area contributed by atoms with Gasteiger partial charge in [0.05, 0.1) is 24.9 Å². The number of non-ortho nitro benzene ring substituents is 1. The first-order valence-corrected chi connectivity index (χ1v) is 6.71. The van der Waals surface area contributed by atoms with Crippen molar-refractivity contribution in [1.29, 1.82) is 0 Å². The zero-order valence-corrected chi connectivity index (χ0v) is 12.9. The molecule has 10 heteroatoms. The zero-order valence-electron chi connectivity index (χ0n) is 12.9. The third kappa shape index (κ3) is 6.73. The molecule has 1 unspecified atom stereocenters. The predicted molar refractivity (Wildman–Crippen MR) is 77.0 cm³/mol. The van der Waals surface area contributed by atoms with Crippen molar-refractivity contribution >= 4 is 23.8 Å². The van der Waals surface area contributed by atoms with E-state index in [1.54, 1.807) is 0 Å². The molecule has 1 atom stereocenters. The Labute approximate surface area is 136 Å². The maximum Gasteiger partial charge on any atom is 0.516 e. The third-order valence-electron chi connectivity index (χ3n) is 2.57. The van der Waals surface area contributed by atoms with Crippen molar-refractivity contribution in [3.63, 3.8) is 0 Å². The molecule has 0 radical (unpaired) electrons. The average molecular weight is 341 g/mol. The number of ether oxygens (including phenoxy) is 4. The highest BCUT2D eigenvalue weighted by Crippen LogP contribution is 2.18. The molecule has 0 bridgehead atoms. The summed E-state index contributed by atoms with van der Waals surface area (Å²) in [4.78, 5) is 43.6. The van der Waals surface area contributed by atoms with E-state index in [9.17, 15) is 24.5 Å². The Kier molecular flexibility index (Phi) is 7.14. The van der Waals surface area contributed by atoms with Crippen LogP contribution in [0.2, 0.25) is 0 Å². The van der Waals surface area contributed by atoms with E-state index in [0.717, 1.165) is 12.1 Å². The summed E-state index contributed by atoms with van der Waals surface area (Å²) in [6, 6.07) is 4.73. The number of nitro groups is 1. The Morgan fingerprint density at radius 1 is 1.08 bits per heavy atom. The van der Waals surface area contributed by atoms with Crippen LogP contribution in [-0.4, -0.2) is 36.4 Å². The van der Waals surface area contributed by atoms with E-state index in [-0.39, 0.29) is 24.3 Å². The summed E-state index contributed by atoms with van der Waals surface area (Å²) >= 11 is 0. The number of carbonyl (C=O) groups excluding carboxylic acids is 3. The van der Waals surface area contributed by atoms with Crippen LogP contribution < -0.4 is 4.74 Å². The van der Waals surface area contributed by atoms with Gasteiger partial charge < -0.3 is 18.9 Å². The van der Waals surface area contributed by atoms with Gasteiger partial charge in [0, 0.05) is 19.1 Å². The van der Waals surface area contributed by atoms with Gasteiger partial charge >= 0.3 is 18.1 Å². The molecule has 130 valence electrons. The second-order valence-electron chi connectivity index (χ2n) is 4.35. The van der Waals surface area contributed by atoms with Gasteiger partial charge in [-0.25, -0.2) is 4.79 Å². The van der Waals surface area contributed by atoms with Crippen LogP contribution in [0.1, 0.15) is 19.8 Å². The number of esters is 2. The van der Waals surface area contributed by atoms with E-state index in [2.05, 4.69) is 9.47 Å². The number of hydrogen-bond donors (Lipinski definition) is 0. The Balaban J connectivity index is 2.39. The zero-order chi connectivity index (χ0) is 18.1. The number of nitro benzene ring substituents is 1. The minimum Gasteiger partial charge on any atom is -0.469 e. The van der Waals surface area contributed by atoms with E-state index in [0.29, 0.717) is 0 Å². The number of benzene rings is 1. The lowest BCUT2D eigenvalue weighted by Crippen LogP contribution is -2.24. The fraction of sp³-hybridized carbons (Fsp3) is 0.357. The number of nitrogens with zero attached hydrogens (tertiary/aromatic N) is 1. The predicted octanol–water partition coefficient (Wildman–Crippen LogP) is 1.95. The number of rotatable bonds is 7. The summed E-state index contributed by atoms with van der Waals surface area (Å²) in [6.07, 6.45) is -2.77. The third-order valence-corrected chi connectivity index (χ3v) is 2.57. The second-order valence-corrected chi connectivity index (χ2v) is 4.35. The normalized spacial score (nSPS) is 11.1. The van der Waals surface area contributed by atoms with Crippen molar-refractivity contribution in [2.24, 2.45) is 0 Å². The van der Waals surface area contributed by atoms with Gasteiger partial charge in [-0.1, -0.05) is 0 Å². The molecule has 0 saturated carbocycles. The lowest BCUT2D eigenvalue weighted by atomic mass is 10.3. The Hall–Kier alpha value is -3.17. The van der Waals surface area contributed by atoms with Crippen LogP contribution in [-0.2, 0) is 23.8 Å². The largest absolute Gasteiger partial charge is 0.516 e. The number of methoxy groups -OCH3 is 1. The first-order chi connectivity index (χ1) is 11.3. The van der Waals surface area contributed by atoms with Gasteiger partial charge in [0.15, 0.2) is 0 Å². The summed E-state index contributed by atoms with van der Waals surface area (Å²) in [5.41, 5.74) is -0.163. The summed E-state index contributed by atoms with van der Waals surface area (Å²) < 4.78 is 18.6. The summed E-state index contributed by atoms with van der Waals surface area (Å²) in [5.74, 6) is -1.30. The molecular weight excluding hydrogens is 326 g/mol. The SMILES string of the molecule is COC(=O)CCC(=O)OC(C)OC(=O)Oc1ccc([N+](=O)[O-])cc1. The Morgan fingerprint density at radius 3 is 2.21 bits per heavy atom. The standard InChI is InChI=1S/C14H15NO9/c1-9(22-13(17)8-7-12(16)21-2)23-14(18)24-11-5-3-10(4-6-11)15(19)20/h3-6,9H,7-8H2,1-2H3. The van der Waals surface area contributed by atoms with E-state index in [1.165, 1.54) is 26.2 Å². The van der Waals surface area contributed by atoms with Crippen molar-refractivity contribution in [1.82, 2.24) is 0 Å². The molecule has 1 aromatic rings. The van der Waals surface area contributed by atoms with Crippen LogP contribution in [0.25, 0.3) is 0 Å². The molecule has 0 N–H and O–H groups in total. The minimum atomic E-state index is -1.24. The molecular formula is C14H15NO9.